The number of carbonyl (C=O) groups excluding carboxylic acids is 1. The number of amides is 1. The highest BCUT2D eigenvalue weighted by molar-refractivity contribution is 5.82. The monoisotopic (exact) mass is 373 g/mol. The number of hydrogen-bond donors (Lipinski definition) is 0. The fourth-order valence-corrected chi connectivity index (χ4v) is 3.26. The molecule has 2 heterocycles. The molecule has 1 aromatic heterocycles. The van der Waals surface area contributed by atoms with Crippen molar-refractivity contribution < 1.29 is 13.6 Å². The van der Waals surface area contributed by atoms with Crippen LogP contribution in [0.15, 0.2) is 30.6 Å². The van der Waals surface area contributed by atoms with Gasteiger partial charge in [-0.15, -0.1) is 0 Å². The maximum atomic E-state index is 14.1. The smallest absolute Gasteiger partial charge is 0.241 e. The summed E-state index contributed by atoms with van der Waals surface area (Å²) in [5, 5.41) is 0. The predicted octanol–water partition coefficient (Wildman–Crippen LogP) is 2.20. The standard InChI is InChI=1S/C19H21F2N5O/c1-24-7-8-25(11-19(24)27)17-9-18(23-12-22-17)26(13-5-6-13)10-14-15(20)3-2-4-16(14)21/h2-4,9,12-13H,5-8,10-11H2,1H3. The van der Waals surface area contributed by atoms with Gasteiger partial charge in [0, 0.05) is 37.8 Å². The zero-order valence-corrected chi connectivity index (χ0v) is 15.1. The van der Waals surface area contributed by atoms with Crippen molar-refractivity contribution in [3.63, 3.8) is 0 Å². The predicted molar refractivity (Wildman–Crippen MR) is 97.4 cm³/mol. The Kier molecular flexibility index (Phi) is 4.63. The zero-order chi connectivity index (χ0) is 19.0. The molecule has 0 bridgehead atoms. The highest BCUT2D eigenvalue weighted by atomic mass is 19.1. The van der Waals surface area contributed by atoms with Gasteiger partial charge in [0.1, 0.15) is 29.6 Å². The molecular formula is C19H21F2N5O. The van der Waals surface area contributed by atoms with Gasteiger partial charge < -0.3 is 14.7 Å². The first kappa shape index (κ1) is 17.6. The molecule has 27 heavy (non-hydrogen) atoms. The van der Waals surface area contributed by atoms with Crippen LogP contribution in [0.2, 0.25) is 0 Å². The summed E-state index contributed by atoms with van der Waals surface area (Å²) in [5.74, 6) is 0.200. The highest BCUT2D eigenvalue weighted by Gasteiger charge is 2.32. The molecule has 1 saturated heterocycles. The number of hydrogen-bond acceptors (Lipinski definition) is 5. The van der Waals surface area contributed by atoms with Gasteiger partial charge in [-0.2, -0.15) is 0 Å². The maximum Gasteiger partial charge on any atom is 0.241 e. The van der Waals surface area contributed by atoms with Crippen LogP contribution in [0.25, 0.3) is 0 Å². The van der Waals surface area contributed by atoms with Crippen LogP contribution < -0.4 is 9.80 Å². The average molecular weight is 373 g/mol. The maximum absolute atomic E-state index is 14.1. The molecule has 1 amide bonds. The normalized spacial score (nSPS) is 17.4. The van der Waals surface area contributed by atoms with E-state index < -0.39 is 11.6 Å². The first-order valence-corrected chi connectivity index (χ1v) is 9.03. The van der Waals surface area contributed by atoms with Gasteiger partial charge in [-0.1, -0.05) is 6.07 Å². The Morgan fingerprint density at radius 1 is 1.19 bits per heavy atom. The minimum absolute atomic E-state index is 0.0360. The number of aromatic nitrogens is 2. The summed E-state index contributed by atoms with van der Waals surface area (Å²) in [6, 6.07) is 5.91. The minimum Gasteiger partial charge on any atom is -0.349 e. The first-order valence-electron chi connectivity index (χ1n) is 9.03. The topological polar surface area (TPSA) is 52.6 Å². The second kappa shape index (κ2) is 7.09. The second-order valence-corrected chi connectivity index (χ2v) is 7.03. The van der Waals surface area contributed by atoms with E-state index >= 15 is 0 Å². The molecule has 1 aromatic carbocycles. The lowest BCUT2D eigenvalue weighted by molar-refractivity contribution is -0.129. The van der Waals surface area contributed by atoms with E-state index in [9.17, 15) is 13.6 Å². The van der Waals surface area contributed by atoms with Crippen molar-refractivity contribution in [3.05, 3.63) is 47.8 Å². The fourth-order valence-electron chi connectivity index (χ4n) is 3.26. The molecule has 0 spiro atoms. The molecule has 1 aliphatic heterocycles. The van der Waals surface area contributed by atoms with Crippen LogP contribution in [0.3, 0.4) is 0 Å². The first-order chi connectivity index (χ1) is 13.0. The largest absolute Gasteiger partial charge is 0.349 e. The Bertz CT molecular complexity index is 837. The quantitative estimate of drug-likeness (QED) is 0.804. The van der Waals surface area contributed by atoms with Crippen LogP contribution >= 0.6 is 0 Å². The van der Waals surface area contributed by atoms with E-state index in [1.165, 1.54) is 24.5 Å². The summed E-state index contributed by atoms with van der Waals surface area (Å²) in [6.07, 6.45) is 3.37. The van der Waals surface area contributed by atoms with Gasteiger partial charge in [-0.25, -0.2) is 18.7 Å². The summed E-state index contributed by atoms with van der Waals surface area (Å²) in [6.45, 7) is 1.69. The Balaban J connectivity index is 1.60. The van der Waals surface area contributed by atoms with Gasteiger partial charge in [-0.05, 0) is 25.0 Å². The number of benzene rings is 1. The lowest BCUT2D eigenvalue weighted by Crippen LogP contribution is -2.48. The van der Waals surface area contributed by atoms with Crippen molar-refractivity contribution in [3.8, 4) is 0 Å². The number of piperazine rings is 1. The third kappa shape index (κ3) is 3.70. The molecule has 142 valence electrons. The van der Waals surface area contributed by atoms with E-state index in [1.54, 1.807) is 18.0 Å². The molecule has 0 unspecified atom stereocenters. The van der Waals surface area contributed by atoms with E-state index in [-0.39, 0.29) is 30.6 Å². The second-order valence-electron chi connectivity index (χ2n) is 7.03. The molecule has 2 aromatic rings. The Morgan fingerprint density at radius 3 is 2.59 bits per heavy atom. The van der Waals surface area contributed by atoms with Crippen molar-refractivity contribution in [1.82, 2.24) is 14.9 Å². The summed E-state index contributed by atoms with van der Waals surface area (Å²) in [4.78, 5) is 26.1. The molecule has 8 heteroatoms. The van der Waals surface area contributed by atoms with E-state index in [4.69, 9.17) is 0 Å². The lowest BCUT2D eigenvalue weighted by atomic mass is 10.2. The zero-order valence-electron chi connectivity index (χ0n) is 15.1. The van der Waals surface area contributed by atoms with E-state index in [1.807, 2.05) is 9.80 Å². The van der Waals surface area contributed by atoms with Gasteiger partial charge in [-0.3, -0.25) is 4.79 Å². The van der Waals surface area contributed by atoms with Gasteiger partial charge >= 0.3 is 0 Å². The van der Waals surface area contributed by atoms with E-state index in [0.29, 0.717) is 24.7 Å². The molecule has 0 atom stereocenters. The van der Waals surface area contributed by atoms with E-state index in [0.717, 1.165) is 12.8 Å². The number of likely N-dealkylation sites (N-methyl/N-ethyl adjacent to an activating group) is 1. The molecule has 2 aliphatic rings. The third-order valence-electron chi connectivity index (χ3n) is 5.09. The Labute approximate surface area is 156 Å². The van der Waals surface area contributed by atoms with Crippen molar-refractivity contribution in [2.75, 3.05) is 36.5 Å². The SMILES string of the molecule is CN1CCN(c2cc(N(Cc3c(F)cccc3F)C3CC3)ncn2)CC1=O. The number of nitrogens with zero attached hydrogens (tertiary/aromatic N) is 5. The van der Waals surface area contributed by atoms with Crippen LogP contribution in [-0.4, -0.2) is 53.5 Å². The van der Waals surface area contributed by atoms with Crippen molar-refractivity contribution >= 4 is 17.5 Å². The molecule has 1 aliphatic carbocycles. The molecule has 0 radical (unpaired) electrons. The van der Waals surface area contributed by atoms with Gasteiger partial charge in [0.2, 0.25) is 5.91 Å². The number of carbonyl (C=O) groups is 1. The summed E-state index contributed by atoms with van der Waals surface area (Å²) in [5.41, 5.74) is 0.0411. The van der Waals surface area contributed by atoms with Crippen LogP contribution in [0, 0.1) is 11.6 Å². The van der Waals surface area contributed by atoms with Crippen LogP contribution in [0.4, 0.5) is 20.4 Å². The van der Waals surface area contributed by atoms with Gasteiger partial charge in [0.25, 0.3) is 0 Å². The number of halogens is 2. The molecule has 6 nitrogen and oxygen atoms in total. The van der Waals surface area contributed by atoms with Crippen molar-refractivity contribution in [2.45, 2.75) is 25.4 Å². The van der Waals surface area contributed by atoms with E-state index in [2.05, 4.69) is 9.97 Å². The molecule has 1 saturated carbocycles. The minimum atomic E-state index is -0.556. The number of anilines is 2. The highest BCUT2D eigenvalue weighted by Crippen LogP contribution is 2.34. The Morgan fingerprint density at radius 2 is 1.93 bits per heavy atom. The van der Waals surface area contributed by atoms with Crippen LogP contribution in [-0.2, 0) is 11.3 Å². The summed E-state index contributed by atoms with van der Waals surface area (Å²) >= 11 is 0. The van der Waals surface area contributed by atoms with Crippen molar-refractivity contribution in [2.24, 2.45) is 0 Å². The van der Waals surface area contributed by atoms with Gasteiger partial charge in [0.05, 0.1) is 13.1 Å². The molecular weight excluding hydrogens is 352 g/mol. The van der Waals surface area contributed by atoms with Crippen molar-refractivity contribution in [1.29, 1.82) is 0 Å². The molecule has 4 rings (SSSR count). The Hall–Kier alpha value is -2.77. The summed E-state index contributed by atoms with van der Waals surface area (Å²) in [7, 11) is 1.78. The molecule has 2 fully saturated rings. The third-order valence-corrected chi connectivity index (χ3v) is 5.09. The lowest BCUT2D eigenvalue weighted by Gasteiger charge is -2.33. The van der Waals surface area contributed by atoms with Gasteiger partial charge in [0.15, 0.2) is 0 Å². The summed E-state index contributed by atoms with van der Waals surface area (Å²) < 4.78 is 28.2. The molecule has 0 N–H and O–H groups in total. The number of rotatable bonds is 5. The van der Waals surface area contributed by atoms with Crippen LogP contribution in [0.1, 0.15) is 18.4 Å². The fraction of sp³-hybridized carbons (Fsp3) is 0.421. The van der Waals surface area contributed by atoms with Crippen LogP contribution in [0.5, 0.6) is 0 Å². The average Bonchev–Trinajstić information content (AvgIpc) is 3.49.